The highest BCUT2D eigenvalue weighted by Crippen LogP contribution is 2.20. The Balaban J connectivity index is 1.51. The summed E-state index contributed by atoms with van der Waals surface area (Å²) in [5, 5.41) is 0. The topological polar surface area (TPSA) is 71.1 Å². The Morgan fingerprint density at radius 1 is 0.571 bits per heavy atom. The van der Waals surface area contributed by atoms with Crippen molar-refractivity contribution in [2.24, 2.45) is 0 Å². The maximum atomic E-state index is 10.6. The van der Waals surface area contributed by atoms with Crippen molar-refractivity contribution in [1.82, 2.24) is 0 Å². The average molecular weight is 427 g/mol. The van der Waals surface area contributed by atoms with Gasteiger partial charge in [-0.3, -0.25) is 0 Å². The Bertz CT molecular complexity index is 681. The van der Waals surface area contributed by atoms with Gasteiger partial charge in [-0.05, 0) is 74.2 Å². The molecule has 0 saturated heterocycles. The van der Waals surface area contributed by atoms with Crippen molar-refractivity contribution in [3.8, 4) is 23.0 Å². The number of hydrogen-bond acceptors (Lipinski definition) is 6. The molecule has 0 aliphatic heterocycles. The van der Waals surface area contributed by atoms with E-state index in [1.165, 1.54) is 0 Å². The van der Waals surface area contributed by atoms with Crippen LogP contribution in [0.5, 0.6) is 23.0 Å². The summed E-state index contributed by atoms with van der Waals surface area (Å²) in [5.41, 5.74) is -1.74. The summed E-state index contributed by atoms with van der Waals surface area (Å²) in [6.45, 7) is 1.21. The van der Waals surface area contributed by atoms with Crippen LogP contribution in [0.4, 0.5) is 9.59 Å². The molecule has 0 heterocycles. The predicted molar refractivity (Wildman–Crippen MR) is 106 cm³/mol. The fraction of sp³-hybridized carbons (Fsp3) is 0.300. The van der Waals surface area contributed by atoms with Crippen molar-refractivity contribution >= 4 is 34.1 Å². The first kappa shape index (κ1) is 21.9. The second kappa shape index (κ2) is 12.1. The van der Waals surface area contributed by atoms with E-state index in [1.807, 2.05) is 0 Å². The predicted octanol–water partition coefficient (Wildman–Crippen LogP) is 6.18. The second-order valence-corrected chi connectivity index (χ2v) is 6.35. The lowest BCUT2D eigenvalue weighted by Gasteiger charge is -2.08. The number of halogens is 2. The summed E-state index contributed by atoms with van der Waals surface area (Å²) in [4.78, 5) is 21.3. The zero-order valence-corrected chi connectivity index (χ0v) is 16.6. The number of carbonyl (C=O) groups excluding carboxylic acids is 2. The van der Waals surface area contributed by atoms with Crippen LogP contribution in [0.1, 0.15) is 25.7 Å². The zero-order valence-electron chi connectivity index (χ0n) is 15.1. The molecule has 0 aliphatic carbocycles. The molecule has 0 saturated carbocycles. The molecule has 0 aliphatic rings. The van der Waals surface area contributed by atoms with E-state index in [0.29, 0.717) is 36.2 Å². The molecule has 6 nitrogen and oxygen atoms in total. The van der Waals surface area contributed by atoms with E-state index in [9.17, 15) is 9.59 Å². The molecule has 0 atom stereocenters. The first-order valence-electron chi connectivity index (χ1n) is 8.73. The zero-order chi connectivity index (χ0) is 20.2. The van der Waals surface area contributed by atoms with Crippen LogP contribution in [-0.2, 0) is 0 Å². The summed E-state index contributed by atoms with van der Waals surface area (Å²) < 4.78 is 20.7. The van der Waals surface area contributed by atoms with Crippen LogP contribution in [-0.4, -0.2) is 24.1 Å². The van der Waals surface area contributed by atoms with Gasteiger partial charge in [0.25, 0.3) is 0 Å². The largest absolute Gasteiger partial charge is 0.494 e. The standard InChI is InChI=1S/C20H20Cl2O6/c21-19(23)27-17-9-5-15(6-10-17)25-13-3-1-2-4-14-26-16-7-11-18(12-8-16)28-20(22)24/h5-12H,1-4,13-14H2. The molecule has 28 heavy (non-hydrogen) atoms. The van der Waals surface area contributed by atoms with Crippen molar-refractivity contribution in [2.45, 2.75) is 25.7 Å². The molecule has 0 radical (unpaired) electrons. The fourth-order valence-electron chi connectivity index (χ4n) is 2.33. The fourth-order valence-corrected chi connectivity index (χ4v) is 2.51. The van der Waals surface area contributed by atoms with Gasteiger partial charge in [-0.1, -0.05) is 0 Å². The molecular formula is C20H20Cl2O6. The minimum atomic E-state index is -0.869. The molecule has 0 bridgehead atoms. The van der Waals surface area contributed by atoms with Gasteiger partial charge in [0.1, 0.15) is 23.0 Å². The van der Waals surface area contributed by atoms with Gasteiger partial charge in [-0.2, -0.15) is 0 Å². The van der Waals surface area contributed by atoms with Gasteiger partial charge < -0.3 is 18.9 Å². The van der Waals surface area contributed by atoms with Gasteiger partial charge in [0.2, 0.25) is 0 Å². The van der Waals surface area contributed by atoms with Crippen LogP contribution in [0.3, 0.4) is 0 Å². The van der Waals surface area contributed by atoms with Crippen molar-refractivity contribution in [1.29, 1.82) is 0 Å². The molecule has 8 heteroatoms. The first-order valence-corrected chi connectivity index (χ1v) is 9.49. The van der Waals surface area contributed by atoms with E-state index in [0.717, 1.165) is 25.7 Å². The van der Waals surface area contributed by atoms with E-state index < -0.39 is 10.9 Å². The smallest absolute Gasteiger partial charge is 0.409 e. The van der Waals surface area contributed by atoms with E-state index in [-0.39, 0.29) is 0 Å². The Kier molecular flexibility index (Phi) is 9.45. The van der Waals surface area contributed by atoms with Gasteiger partial charge in [0.15, 0.2) is 0 Å². The quantitative estimate of drug-likeness (QED) is 0.315. The Labute approximate surface area is 173 Å². The summed E-state index contributed by atoms with van der Waals surface area (Å²) in [7, 11) is 0. The SMILES string of the molecule is O=C(Cl)Oc1ccc(OCCCCCCOc2ccc(OC(=O)Cl)cc2)cc1. The summed E-state index contributed by atoms with van der Waals surface area (Å²) in [5.74, 6) is 2.17. The summed E-state index contributed by atoms with van der Waals surface area (Å²) in [6.07, 6.45) is 3.90. The molecule has 0 aromatic heterocycles. The minimum absolute atomic E-state index is 0.377. The molecule has 0 amide bonds. The van der Waals surface area contributed by atoms with E-state index in [1.54, 1.807) is 48.5 Å². The highest BCUT2D eigenvalue weighted by atomic mass is 35.5. The molecule has 0 N–H and O–H groups in total. The Hall–Kier alpha value is -2.44. The van der Waals surface area contributed by atoms with E-state index in [4.69, 9.17) is 42.1 Å². The number of rotatable bonds is 11. The molecule has 0 fully saturated rings. The Morgan fingerprint density at radius 3 is 1.21 bits per heavy atom. The third-order valence-corrected chi connectivity index (χ3v) is 3.77. The van der Waals surface area contributed by atoms with Crippen molar-refractivity contribution in [2.75, 3.05) is 13.2 Å². The van der Waals surface area contributed by atoms with Crippen molar-refractivity contribution in [3.05, 3.63) is 48.5 Å². The lowest BCUT2D eigenvalue weighted by Crippen LogP contribution is -2.00. The summed E-state index contributed by atoms with van der Waals surface area (Å²) >= 11 is 10.3. The molecular weight excluding hydrogens is 407 g/mol. The van der Waals surface area contributed by atoms with Crippen LogP contribution in [0.2, 0.25) is 0 Å². The van der Waals surface area contributed by atoms with E-state index >= 15 is 0 Å². The number of benzene rings is 2. The summed E-state index contributed by atoms with van der Waals surface area (Å²) in [6, 6.07) is 13.4. The monoisotopic (exact) mass is 426 g/mol. The maximum absolute atomic E-state index is 10.6. The highest BCUT2D eigenvalue weighted by molar-refractivity contribution is 6.61. The Morgan fingerprint density at radius 2 is 0.893 bits per heavy atom. The first-order chi connectivity index (χ1) is 13.5. The maximum Gasteiger partial charge on any atom is 0.409 e. The van der Waals surface area contributed by atoms with Gasteiger partial charge in [0.05, 0.1) is 13.2 Å². The number of unbranched alkanes of at least 4 members (excludes halogenated alkanes) is 3. The van der Waals surface area contributed by atoms with Crippen molar-refractivity contribution < 1.29 is 28.5 Å². The van der Waals surface area contributed by atoms with Gasteiger partial charge in [-0.25, -0.2) is 9.59 Å². The average Bonchev–Trinajstić information content (AvgIpc) is 2.65. The third-order valence-electron chi connectivity index (χ3n) is 3.62. The van der Waals surface area contributed by atoms with Crippen molar-refractivity contribution in [3.63, 3.8) is 0 Å². The normalized spacial score (nSPS) is 10.2. The van der Waals surface area contributed by atoms with Gasteiger partial charge in [-0.15, -0.1) is 0 Å². The lowest BCUT2D eigenvalue weighted by atomic mass is 10.2. The number of hydrogen-bond donors (Lipinski definition) is 0. The molecule has 0 spiro atoms. The molecule has 2 aromatic rings. The highest BCUT2D eigenvalue weighted by Gasteiger charge is 2.02. The number of ether oxygens (including phenoxy) is 4. The lowest BCUT2D eigenvalue weighted by molar-refractivity contribution is 0.224. The van der Waals surface area contributed by atoms with Crippen LogP contribution in [0.15, 0.2) is 48.5 Å². The van der Waals surface area contributed by atoms with Crippen LogP contribution in [0.25, 0.3) is 0 Å². The van der Waals surface area contributed by atoms with Gasteiger partial charge in [0, 0.05) is 23.2 Å². The van der Waals surface area contributed by atoms with E-state index in [2.05, 4.69) is 0 Å². The minimum Gasteiger partial charge on any atom is -0.494 e. The number of carbonyl (C=O) groups is 2. The molecule has 2 rings (SSSR count). The van der Waals surface area contributed by atoms with Crippen LogP contribution >= 0.6 is 23.2 Å². The van der Waals surface area contributed by atoms with Crippen LogP contribution < -0.4 is 18.9 Å². The molecule has 0 unspecified atom stereocenters. The second-order valence-electron chi connectivity index (χ2n) is 5.73. The van der Waals surface area contributed by atoms with Gasteiger partial charge >= 0.3 is 10.9 Å². The molecule has 150 valence electrons. The molecule has 2 aromatic carbocycles. The van der Waals surface area contributed by atoms with Crippen LogP contribution in [0, 0.1) is 0 Å². The third kappa shape index (κ3) is 8.97.